The molecule has 1 unspecified atom stereocenters. The second kappa shape index (κ2) is 6.92. The summed E-state index contributed by atoms with van der Waals surface area (Å²) in [6, 6.07) is 16.4. The van der Waals surface area contributed by atoms with Gasteiger partial charge in [-0.15, -0.1) is 0 Å². The number of hydrogen-bond acceptors (Lipinski definition) is 3. The molecular formula is C17H14ClNO2. The summed E-state index contributed by atoms with van der Waals surface area (Å²) < 4.78 is 5.22. The lowest BCUT2D eigenvalue weighted by molar-refractivity contribution is 0.0958. The van der Waals surface area contributed by atoms with E-state index in [0.29, 0.717) is 16.3 Å². The van der Waals surface area contributed by atoms with E-state index in [1.807, 2.05) is 30.3 Å². The Labute approximate surface area is 128 Å². The van der Waals surface area contributed by atoms with E-state index in [9.17, 15) is 4.79 Å². The summed E-state index contributed by atoms with van der Waals surface area (Å²) >= 11 is 6.15. The van der Waals surface area contributed by atoms with Gasteiger partial charge in [0.25, 0.3) is 0 Å². The quantitative estimate of drug-likeness (QED) is 0.776. The fourth-order valence-electron chi connectivity index (χ4n) is 2.23. The average molecular weight is 300 g/mol. The van der Waals surface area contributed by atoms with Crippen LogP contribution in [-0.4, -0.2) is 12.9 Å². The summed E-state index contributed by atoms with van der Waals surface area (Å²) in [6.45, 7) is 0. The van der Waals surface area contributed by atoms with E-state index in [4.69, 9.17) is 21.6 Å². The third-order valence-corrected chi connectivity index (χ3v) is 3.57. The zero-order valence-corrected chi connectivity index (χ0v) is 12.3. The van der Waals surface area contributed by atoms with Crippen molar-refractivity contribution < 1.29 is 9.53 Å². The van der Waals surface area contributed by atoms with E-state index in [1.54, 1.807) is 18.2 Å². The summed E-state index contributed by atoms with van der Waals surface area (Å²) in [4.78, 5) is 12.8. The molecule has 0 radical (unpaired) electrons. The molecule has 0 aliphatic rings. The maximum Gasteiger partial charge on any atom is 0.176 e. The second-order valence-corrected chi connectivity index (χ2v) is 4.91. The smallest absolute Gasteiger partial charge is 0.176 e. The summed E-state index contributed by atoms with van der Waals surface area (Å²) in [7, 11) is 1.49. The van der Waals surface area contributed by atoms with Crippen LogP contribution in [0.15, 0.2) is 48.5 Å². The molecule has 0 saturated heterocycles. The van der Waals surface area contributed by atoms with E-state index in [1.165, 1.54) is 7.11 Å². The Morgan fingerprint density at radius 2 is 1.95 bits per heavy atom. The number of methoxy groups -OCH3 is 1. The van der Waals surface area contributed by atoms with Crippen molar-refractivity contribution in [3.05, 3.63) is 64.7 Å². The van der Waals surface area contributed by atoms with Crippen molar-refractivity contribution in [3.8, 4) is 11.8 Å². The molecule has 0 fully saturated rings. The number of benzene rings is 2. The van der Waals surface area contributed by atoms with Crippen molar-refractivity contribution in [3.63, 3.8) is 0 Å². The summed E-state index contributed by atoms with van der Waals surface area (Å²) in [5.74, 6) is -0.332. The molecule has 0 saturated carbocycles. The van der Waals surface area contributed by atoms with Crippen molar-refractivity contribution in [2.24, 2.45) is 0 Å². The monoisotopic (exact) mass is 299 g/mol. The van der Waals surface area contributed by atoms with Crippen LogP contribution in [0.4, 0.5) is 0 Å². The standard InChI is InChI=1S/C17H14ClNO2/c1-21-15-9-5-8-14(18)16(15)17(20)13(10-11-19)12-6-3-2-4-7-12/h2-9,13H,10H2,1H3. The Balaban J connectivity index is 2.48. The number of rotatable bonds is 5. The van der Waals surface area contributed by atoms with Gasteiger partial charge < -0.3 is 4.74 Å². The number of nitrogens with zero attached hydrogens (tertiary/aromatic N) is 1. The number of halogens is 1. The molecule has 4 heteroatoms. The normalized spacial score (nSPS) is 11.5. The predicted octanol–water partition coefficient (Wildman–Crippen LogP) is 4.23. The zero-order chi connectivity index (χ0) is 15.2. The predicted molar refractivity (Wildman–Crippen MR) is 81.7 cm³/mol. The van der Waals surface area contributed by atoms with Gasteiger partial charge in [-0.05, 0) is 17.7 Å². The van der Waals surface area contributed by atoms with Crippen molar-refractivity contribution in [1.82, 2.24) is 0 Å². The van der Waals surface area contributed by atoms with Gasteiger partial charge in [0.15, 0.2) is 5.78 Å². The largest absolute Gasteiger partial charge is 0.496 e. The Morgan fingerprint density at radius 1 is 1.24 bits per heavy atom. The second-order valence-electron chi connectivity index (χ2n) is 4.51. The van der Waals surface area contributed by atoms with Crippen molar-refractivity contribution in [2.75, 3.05) is 7.11 Å². The van der Waals surface area contributed by atoms with Crippen LogP contribution in [-0.2, 0) is 0 Å². The van der Waals surface area contributed by atoms with E-state index >= 15 is 0 Å². The molecule has 0 amide bonds. The van der Waals surface area contributed by atoms with Gasteiger partial charge in [-0.1, -0.05) is 48.0 Å². The van der Waals surface area contributed by atoms with Crippen LogP contribution in [0, 0.1) is 11.3 Å². The molecule has 21 heavy (non-hydrogen) atoms. The SMILES string of the molecule is COc1cccc(Cl)c1C(=O)C(CC#N)c1ccccc1. The highest BCUT2D eigenvalue weighted by Crippen LogP contribution is 2.33. The number of ether oxygens (including phenoxy) is 1. The van der Waals surface area contributed by atoms with Crippen LogP contribution in [0.25, 0.3) is 0 Å². The minimum Gasteiger partial charge on any atom is -0.496 e. The van der Waals surface area contributed by atoms with Crippen molar-refractivity contribution in [1.29, 1.82) is 5.26 Å². The first-order valence-electron chi connectivity index (χ1n) is 6.47. The summed E-state index contributed by atoms with van der Waals surface area (Å²) in [5.41, 5.74) is 1.12. The summed E-state index contributed by atoms with van der Waals surface area (Å²) in [5, 5.41) is 9.35. The molecule has 0 heterocycles. The highest BCUT2D eigenvalue weighted by Gasteiger charge is 2.26. The molecule has 0 N–H and O–H groups in total. The Kier molecular flexibility index (Phi) is 4.97. The highest BCUT2D eigenvalue weighted by molar-refractivity contribution is 6.34. The van der Waals surface area contributed by atoms with Crippen molar-refractivity contribution >= 4 is 17.4 Å². The Hall–Kier alpha value is -2.31. The molecule has 0 bridgehead atoms. The van der Waals surface area contributed by atoms with Crippen LogP contribution in [0.2, 0.25) is 5.02 Å². The molecule has 0 aliphatic carbocycles. The van der Waals surface area contributed by atoms with Gasteiger partial charge in [0, 0.05) is 6.42 Å². The van der Waals surface area contributed by atoms with Crippen LogP contribution >= 0.6 is 11.6 Å². The van der Waals surface area contributed by atoms with E-state index in [2.05, 4.69) is 6.07 Å². The molecule has 0 aromatic heterocycles. The Morgan fingerprint density at radius 3 is 2.57 bits per heavy atom. The third-order valence-electron chi connectivity index (χ3n) is 3.26. The molecular weight excluding hydrogens is 286 g/mol. The van der Waals surface area contributed by atoms with Gasteiger partial charge in [-0.3, -0.25) is 4.79 Å². The number of Topliss-reactive ketones (excluding diaryl/α,β-unsaturated/α-hetero) is 1. The molecule has 1 atom stereocenters. The maximum absolute atomic E-state index is 12.8. The molecule has 106 valence electrons. The van der Waals surface area contributed by atoms with E-state index in [0.717, 1.165) is 5.56 Å². The molecule has 0 aliphatic heterocycles. The number of carbonyl (C=O) groups is 1. The summed E-state index contributed by atoms with van der Waals surface area (Å²) in [6.07, 6.45) is 0.0945. The third kappa shape index (κ3) is 3.24. The minimum absolute atomic E-state index is 0.0945. The van der Waals surface area contributed by atoms with Gasteiger partial charge in [-0.2, -0.15) is 5.26 Å². The van der Waals surface area contributed by atoms with Crippen LogP contribution in [0.5, 0.6) is 5.75 Å². The average Bonchev–Trinajstić information content (AvgIpc) is 2.52. The van der Waals surface area contributed by atoms with E-state index in [-0.39, 0.29) is 12.2 Å². The van der Waals surface area contributed by atoms with Crippen molar-refractivity contribution in [2.45, 2.75) is 12.3 Å². The first-order chi connectivity index (χ1) is 10.2. The first-order valence-corrected chi connectivity index (χ1v) is 6.85. The number of hydrogen-bond donors (Lipinski definition) is 0. The van der Waals surface area contributed by atoms with Crippen LogP contribution in [0.3, 0.4) is 0 Å². The molecule has 2 aromatic rings. The lowest BCUT2D eigenvalue weighted by Crippen LogP contribution is -2.14. The lowest BCUT2D eigenvalue weighted by Gasteiger charge is -2.16. The zero-order valence-electron chi connectivity index (χ0n) is 11.5. The van der Waals surface area contributed by atoms with Gasteiger partial charge in [0.2, 0.25) is 0 Å². The molecule has 3 nitrogen and oxygen atoms in total. The van der Waals surface area contributed by atoms with Gasteiger partial charge in [0.05, 0.1) is 29.7 Å². The fourth-order valence-corrected chi connectivity index (χ4v) is 2.49. The first kappa shape index (κ1) is 15.1. The van der Waals surface area contributed by atoms with E-state index < -0.39 is 5.92 Å². The number of ketones is 1. The Bertz CT molecular complexity index is 677. The van der Waals surface area contributed by atoms with Gasteiger partial charge in [0.1, 0.15) is 5.75 Å². The maximum atomic E-state index is 12.8. The fraction of sp³-hybridized carbons (Fsp3) is 0.176. The molecule has 2 rings (SSSR count). The van der Waals surface area contributed by atoms with Crippen LogP contribution in [0.1, 0.15) is 28.3 Å². The number of carbonyl (C=O) groups excluding carboxylic acids is 1. The topological polar surface area (TPSA) is 50.1 Å². The highest BCUT2D eigenvalue weighted by atomic mass is 35.5. The molecule has 2 aromatic carbocycles. The molecule has 0 spiro atoms. The minimum atomic E-state index is -0.551. The number of nitriles is 1. The van der Waals surface area contributed by atoms with Gasteiger partial charge >= 0.3 is 0 Å². The van der Waals surface area contributed by atoms with Gasteiger partial charge in [-0.25, -0.2) is 0 Å². The van der Waals surface area contributed by atoms with Crippen LogP contribution < -0.4 is 4.74 Å². The lowest BCUT2D eigenvalue weighted by atomic mass is 9.88.